The Morgan fingerprint density at radius 3 is 2.56 bits per heavy atom. The Hall–Kier alpha value is -3.07. The van der Waals surface area contributed by atoms with Crippen molar-refractivity contribution in [2.75, 3.05) is 13.7 Å². The van der Waals surface area contributed by atoms with Crippen LogP contribution in [0.1, 0.15) is 35.7 Å². The van der Waals surface area contributed by atoms with Crippen LogP contribution in [0, 0.1) is 0 Å². The van der Waals surface area contributed by atoms with Crippen LogP contribution in [0.2, 0.25) is 0 Å². The van der Waals surface area contributed by atoms with Gasteiger partial charge >= 0.3 is 0 Å². The molecule has 3 aromatic rings. The number of unbranched alkanes of at least 4 members (excludes halogenated alkanes) is 1. The summed E-state index contributed by atoms with van der Waals surface area (Å²) in [4.78, 5) is 12.5. The fourth-order valence-corrected chi connectivity index (χ4v) is 2.85. The number of ketones is 1. The van der Waals surface area contributed by atoms with Gasteiger partial charge in [-0.1, -0.05) is 61.9 Å². The smallest absolute Gasteiger partial charge is 0.185 e. The number of fused-ring (bicyclic) bond motifs is 1. The van der Waals surface area contributed by atoms with Gasteiger partial charge in [0.05, 0.1) is 13.7 Å². The monoisotopic (exact) mass is 360 g/mol. The van der Waals surface area contributed by atoms with Gasteiger partial charge in [0, 0.05) is 5.56 Å². The molecule has 0 N–H and O–H groups in total. The summed E-state index contributed by atoms with van der Waals surface area (Å²) in [6.45, 7) is 2.77. The van der Waals surface area contributed by atoms with Gasteiger partial charge in [0.2, 0.25) is 0 Å². The zero-order valence-corrected chi connectivity index (χ0v) is 15.8. The van der Waals surface area contributed by atoms with E-state index in [1.165, 1.54) is 0 Å². The lowest BCUT2D eigenvalue weighted by Gasteiger charge is -2.11. The van der Waals surface area contributed by atoms with E-state index in [9.17, 15) is 4.79 Å². The lowest BCUT2D eigenvalue weighted by molar-refractivity contribution is 0.104. The maximum atomic E-state index is 12.5. The van der Waals surface area contributed by atoms with E-state index in [-0.39, 0.29) is 5.78 Å². The van der Waals surface area contributed by atoms with Crippen molar-refractivity contribution in [1.29, 1.82) is 0 Å². The number of hydrogen-bond acceptors (Lipinski definition) is 3. The molecule has 0 unspecified atom stereocenters. The quantitative estimate of drug-likeness (QED) is 0.284. The molecule has 0 aliphatic carbocycles. The number of benzene rings is 3. The second-order valence-corrected chi connectivity index (χ2v) is 6.37. The number of ether oxygens (including phenoxy) is 2. The van der Waals surface area contributed by atoms with Crippen molar-refractivity contribution in [3.63, 3.8) is 0 Å². The van der Waals surface area contributed by atoms with Crippen LogP contribution in [-0.2, 0) is 0 Å². The van der Waals surface area contributed by atoms with Crippen LogP contribution in [0.15, 0.2) is 66.7 Å². The normalized spacial score (nSPS) is 11.0. The molecule has 0 saturated heterocycles. The number of methoxy groups -OCH3 is 1. The summed E-state index contributed by atoms with van der Waals surface area (Å²) < 4.78 is 11.2. The second kappa shape index (κ2) is 9.04. The summed E-state index contributed by atoms with van der Waals surface area (Å²) in [5.74, 6) is 1.38. The Balaban J connectivity index is 1.77. The Morgan fingerprint density at radius 2 is 1.78 bits per heavy atom. The molecule has 0 aliphatic heterocycles. The van der Waals surface area contributed by atoms with Gasteiger partial charge in [0.15, 0.2) is 17.3 Å². The number of hydrogen-bond donors (Lipinski definition) is 0. The van der Waals surface area contributed by atoms with Crippen LogP contribution >= 0.6 is 0 Å². The molecule has 3 rings (SSSR count). The third kappa shape index (κ3) is 4.76. The maximum absolute atomic E-state index is 12.5. The summed E-state index contributed by atoms with van der Waals surface area (Å²) in [5, 5.41) is 2.19. The first kappa shape index (κ1) is 18.7. The second-order valence-electron chi connectivity index (χ2n) is 6.37. The van der Waals surface area contributed by atoms with Gasteiger partial charge in [-0.15, -0.1) is 0 Å². The molecule has 0 saturated carbocycles. The van der Waals surface area contributed by atoms with Crippen LogP contribution in [0.3, 0.4) is 0 Å². The summed E-state index contributed by atoms with van der Waals surface area (Å²) >= 11 is 0. The average Bonchev–Trinajstić information content (AvgIpc) is 2.72. The van der Waals surface area contributed by atoms with Crippen molar-refractivity contribution in [3.05, 3.63) is 77.9 Å². The topological polar surface area (TPSA) is 35.5 Å². The van der Waals surface area contributed by atoms with Gasteiger partial charge in [0.1, 0.15) is 0 Å². The lowest BCUT2D eigenvalue weighted by atomic mass is 10.0. The highest BCUT2D eigenvalue weighted by atomic mass is 16.5. The van der Waals surface area contributed by atoms with Crippen LogP contribution in [0.5, 0.6) is 11.5 Å². The Kier molecular flexibility index (Phi) is 6.26. The van der Waals surface area contributed by atoms with Gasteiger partial charge in [-0.05, 0) is 47.0 Å². The van der Waals surface area contributed by atoms with E-state index < -0.39 is 0 Å². The van der Waals surface area contributed by atoms with Gasteiger partial charge in [-0.2, -0.15) is 0 Å². The first-order valence-electron chi connectivity index (χ1n) is 9.23. The number of carbonyl (C=O) groups excluding carboxylic acids is 1. The van der Waals surface area contributed by atoms with Gasteiger partial charge in [-0.3, -0.25) is 4.79 Å². The average molecular weight is 360 g/mol. The van der Waals surface area contributed by atoms with E-state index in [4.69, 9.17) is 9.47 Å². The molecule has 0 amide bonds. The first-order chi connectivity index (χ1) is 13.2. The largest absolute Gasteiger partial charge is 0.493 e. The van der Waals surface area contributed by atoms with E-state index in [2.05, 4.69) is 6.92 Å². The number of rotatable bonds is 8. The standard InChI is InChI=1S/C24H24O3/c1-3-4-15-27-24-16-18(10-14-23(24)26-2)9-13-22(25)21-12-11-19-7-5-6-8-20(19)17-21/h5-14,16-17H,3-4,15H2,1-2H3/b13-9+. The molecule has 0 heterocycles. The molecule has 0 aliphatic rings. The van der Waals surface area contributed by atoms with Gasteiger partial charge < -0.3 is 9.47 Å². The highest BCUT2D eigenvalue weighted by Gasteiger charge is 2.06. The maximum Gasteiger partial charge on any atom is 0.185 e. The summed E-state index contributed by atoms with van der Waals surface area (Å²) in [6, 6.07) is 19.5. The van der Waals surface area contributed by atoms with Gasteiger partial charge in [0.25, 0.3) is 0 Å². The SMILES string of the molecule is CCCCOc1cc(/C=C/C(=O)c2ccc3ccccc3c2)ccc1OC. The molecule has 138 valence electrons. The minimum atomic E-state index is -0.0231. The first-order valence-corrected chi connectivity index (χ1v) is 9.23. The van der Waals surface area contributed by atoms with Crippen molar-refractivity contribution >= 4 is 22.6 Å². The highest BCUT2D eigenvalue weighted by molar-refractivity contribution is 6.08. The van der Waals surface area contributed by atoms with E-state index in [0.717, 1.165) is 29.2 Å². The minimum Gasteiger partial charge on any atom is -0.493 e. The fraction of sp³-hybridized carbons (Fsp3) is 0.208. The predicted octanol–water partition coefficient (Wildman–Crippen LogP) is 5.92. The number of allylic oxidation sites excluding steroid dienone is 1. The van der Waals surface area contributed by atoms with Crippen molar-refractivity contribution in [2.24, 2.45) is 0 Å². The lowest BCUT2D eigenvalue weighted by Crippen LogP contribution is -1.99. The van der Waals surface area contributed by atoms with Crippen LogP contribution in [0.4, 0.5) is 0 Å². The Labute approximate surface area is 160 Å². The molecular weight excluding hydrogens is 336 g/mol. The number of carbonyl (C=O) groups is 1. The van der Waals surface area contributed by atoms with Crippen molar-refractivity contribution < 1.29 is 14.3 Å². The van der Waals surface area contributed by atoms with E-state index in [1.807, 2.05) is 66.7 Å². The third-order valence-electron chi connectivity index (χ3n) is 4.40. The van der Waals surface area contributed by atoms with Crippen molar-refractivity contribution in [3.8, 4) is 11.5 Å². The highest BCUT2D eigenvalue weighted by Crippen LogP contribution is 2.29. The predicted molar refractivity (Wildman–Crippen MR) is 111 cm³/mol. The third-order valence-corrected chi connectivity index (χ3v) is 4.40. The molecule has 0 aromatic heterocycles. The minimum absolute atomic E-state index is 0.0231. The molecule has 0 fully saturated rings. The van der Waals surface area contributed by atoms with Crippen molar-refractivity contribution in [1.82, 2.24) is 0 Å². The Bertz CT molecular complexity index is 957. The molecule has 3 nitrogen and oxygen atoms in total. The van der Waals surface area contributed by atoms with Crippen LogP contribution in [-0.4, -0.2) is 19.5 Å². The molecular formula is C24H24O3. The van der Waals surface area contributed by atoms with Crippen LogP contribution in [0.25, 0.3) is 16.8 Å². The molecule has 0 bridgehead atoms. The van der Waals surface area contributed by atoms with E-state index in [1.54, 1.807) is 13.2 Å². The van der Waals surface area contributed by atoms with Crippen LogP contribution < -0.4 is 9.47 Å². The Morgan fingerprint density at radius 1 is 0.963 bits per heavy atom. The fourth-order valence-electron chi connectivity index (χ4n) is 2.85. The summed E-state index contributed by atoms with van der Waals surface area (Å²) in [7, 11) is 1.63. The zero-order valence-electron chi connectivity index (χ0n) is 15.8. The van der Waals surface area contributed by atoms with Crippen molar-refractivity contribution in [2.45, 2.75) is 19.8 Å². The molecule has 27 heavy (non-hydrogen) atoms. The zero-order chi connectivity index (χ0) is 19.1. The van der Waals surface area contributed by atoms with E-state index in [0.29, 0.717) is 23.7 Å². The van der Waals surface area contributed by atoms with E-state index >= 15 is 0 Å². The molecule has 3 heteroatoms. The summed E-state index contributed by atoms with van der Waals surface area (Å²) in [5.41, 5.74) is 1.58. The van der Waals surface area contributed by atoms with Gasteiger partial charge in [-0.25, -0.2) is 0 Å². The molecule has 0 atom stereocenters. The summed E-state index contributed by atoms with van der Waals surface area (Å²) in [6.07, 6.45) is 5.47. The molecule has 0 radical (unpaired) electrons. The molecule has 0 spiro atoms. The molecule has 3 aromatic carbocycles.